The molecule has 1 N–H and O–H groups in total. The van der Waals surface area contributed by atoms with E-state index in [2.05, 4.69) is 30.6 Å². The molecule has 9 nitrogen and oxygen atoms in total. The van der Waals surface area contributed by atoms with E-state index in [0.717, 1.165) is 35.5 Å². The highest BCUT2D eigenvalue weighted by Crippen LogP contribution is 2.32. The number of anilines is 2. The number of rotatable bonds is 6. The third-order valence-electron chi connectivity index (χ3n) is 4.88. The fraction of sp³-hybridized carbons (Fsp3) is 0.400. The highest BCUT2D eigenvalue weighted by atomic mass is 32.1. The van der Waals surface area contributed by atoms with E-state index in [1.807, 2.05) is 38.1 Å². The van der Waals surface area contributed by atoms with Crippen molar-refractivity contribution in [2.45, 2.75) is 39.2 Å². The quantitative estimate of drug-likeness (QED) is 0.607. The van der Waals surface area contributed by atoms with Gasteiger partial charge >= 0.3 is 0 Å². The number of likely N-dealkylation sites (tertiary alicyclic amines) is 1. The second-order valence-electron chi connectivity index (χ2n) is 7.18. The van der Waals surface area contributed by atoms with Gasteiger partial charge in [0.25, 0.3) is 0 Å². The van der Waals surface area contributed by atoms with Crippen LogP contribution in [0.1, 0.15) is 47.9 Å². The zero-order valence-corrected chi connectivity index (χ0v) is 18.1. The molecule has 1 atom stereocenters. The Hall–Kier alpha value is -3.14. The molecule has 10 heteroatoms. The van der Waals surface area contributed by atoms with Crippen LogP contribution in [-0.4, -0.2) is 47.3 Å². The number of hydrogen-bond acceptors (Lipinski definition) is 8. The van der Waals surface area contributed by atoms with Crippen LogP contribution in [0.15, 0.2) is 24.5 Å². The molecule has 4 rings (SSSR count). The van der Waals surface area contributed by atoms with Crippen LogP contribution >= 0.6 is 11.3 Å². The third-order valence-corrected chi connectivity index (χ3v) is 5.87. The second-order valence-corrected chi connectivity index (χ2v) is 8.24. The molecule has 3 aromatic heterocycles. The van der Waals surface area contributed by atoms with Gasteiger partial charge in [-0.1, -0.05) is 18.3 Å². The smallest absolute Gasteiger partial charge is 0.247 e. The van der Waals surface area contributed by atoms with Crippen LogP contribution in [0.3, 0.4) is 0 Å². The summed E-state index contributed by atoms with van der Waals surface area (Å²) in [6, 6.07) is 1.83. The van der Waals surface area contributed by atoms with Crippen molar-refractivity contribution in [2.24, 2.45) is 7.05 Å². The number of aromatic nitrogens is 6. The zero-order valence-electron chi connectivity index (χ0n) is 17.2. The lowest BCUT2D eigenvalue weighted by molar-refractivity contribution is -0.126. The van der Waals surface area contributed by atoms with Crippen molar-refractivity contribution in [1.82, 2.24) is 34.8 Å². The van der Waals surface area contributed by atoms with Crippen molar-refractivity contribution in [3.63, 3.8) is 0 Å². The molecule has 0 radical (unpaired) electrons. The van der Waals surface area contributed by atoms with E-state index in [0.29, 0.717) is 23.3 Å². The summed E-state index contributed by atoms with van der Waals surface area (Å²) in [6.45, 7) is 4.62. The number of nitrogens with zero attached hydrogens (tertiary/aromatic N) is 7. The Morgan fingerprint density at radius 1 is 1.37 bits per heavy atom. The molecule has 1 aliphatic rings. The number of amides is 1. The molecule has 1 aliphatic heterocycles. The third kappa shape index (κ3) is 4.54. The van der Waals surface area contributed by atoms with Gasteiger partial charge in [-0.3, -0.25) is 9.48 Å². The summed E-state index contributed by atoms with van der Waals surface area (Å²) in [5, 5.41) is 17.3. The largest absolute Gasteiger partial charge is 0.331 e. The normalized spacial score (nSPS) is 16.5. The van der Waals surface area contributed by atoms with Crippen molar-refractivity contribution < 1.29 is 4.79 Å². The lowest BCUT2D eigenvalue weighted by atomic mass is 10.1. The van der Waals surface area contributed by atoms with Crippen LogP contribution < -0.4 is 5.32 Å². The Balaban J connectivity index is 1.52. The molecule has 30 heavy (non-hydrogen) atoms. The first kappa shape index (κ1) is 20.1. The molecule has 156 valence electrons. The maximum Gasteiger partial charge on any atom is 0.247 e. The fourth-order valence-electron chi connectivity index (χ4n) is 3.51. The number of nitrogens with one attached hydrogen (secondary N) is 1. The molecular formula is C20H24N8OS. The summed E-state index contributed by atoms with van der Waals surface area (Å²) in [6.07, 6.45) is 9.67. The van der Waals surface area contributed by atoms with Gasteiger partial charge in [0.1, 0.15) is 16.6 Å². The van der Waals surface area contributed by atoms with E-state index >= 15 is 0 Å². The van der Waals surface area contributed by atoms with Crippen LogP contribution in [0.2, 0.25) is 0 Å². The van der Waals surface area contributed by atoms with Gasteiger partial charge in [0.05, 0.1) is 17.9 Å². The minimum atomic E-state index is -0.0704. The summed E-state index contributed by atoms with van der Waals surface area (Å²) in [7, 11) is 1.85. The van der Waals surface area contributed by atoms with Crippen molar-refractivity contribution >= 4 is 34.3 Å². The van der Waals surface area contributed by atoms with Gasteiger partial charge in [0.15, 0.2) is 0 Å². The highest BCUT2D eigenvalue weighted by Gasteiger charge is 2.30. The van der Waals surface area contributed by atoms with Gasteiger partial charge in [-0.15, -0.1) is 10.2 Å². The van der Waals surface area contributed by atoms with Crippen molar-refractivity contribution in [3.8, 4) is 0 Å². The summed E-state index contributed by atoms with van der Waals surface area (Å²) >= 11 is 1.51. The van der Waals surface area contributed by atoms with Crippen molar-refractivity contribution in [2.75, 3.05) is 11.9 Å². The molecule has 0 bridgehead atoms. The molecule has 4 heterocycles. The molecule has 1 fully saturated rings. The van der Waals surface area contributed by atoms with E-state index in [9.17, 15) is 4.79 Å². The van der Waals surface area contributed by atoms with Crippen LogP contribution in [0.4, 0.5) is 10.9 Å². The summed E-state index contributed by atoms with van der Waals surface area (Å²) in [5.41, 5.74) is 1.74. The Morgan fingerprint density at radius 3 is 2.97 bits per heavy atom. The average Bonchev–Trinajstić information content (AvgIpc) is 3.46. The Labute approximate surface area is 178 Å². The average molecular weight is 425 g/mol. The van der Waals surface area contributed by atoms with Gasteiger partial charge in [-0.2, -0.15) is 5.10 Å². The molecule has 0 saturated carbocycles. The van der Waals surface area contributed by atoms with Crippen LogP contribution in [-0.2, 0) is 18.3 Å². The first-order chi connectivity index (χ1) is 14.5. The van der Waals surface area contributed by atoms with Gasteiger partial charge in [-0.05, 0) is 32.3 Å². The summed E-state index contributed by atoms with van der Waals surface area (Å²) in [5.74, 6) is 1.30. The predicted octanol–water partition coefficient (Wildman–Crippen LogP) is 3.05. The van der Waals surface area contributed by atoms with Crippen molar-refractivity contribution in [1.29, 1.82) is 0 Å². The zero-order chi connectivity index (χ0) is 21.1. The van der Waals surface area contributed by atoms with E-state index in [1.165, 1.54) is 11.3 Å². The molecule has 0 aliphatic carbocycles. The summed E-state index contributed by atoms with van der Waals surface area (Å²) in [4.78, 5) is 23.8. The minimum Gasteiger partial charge on any atom is -0.331 e. The number of carbonyl (C=O) groups is 1. The van der Waals surface area contributed by atoms with E-state index in [4.69, 9.17) is 0 Å². The van der Waals surface area contributed by atoms with Crippen LogP contribution in [0.25, 0.3) is 6.08 Å². The van der Waals surface area contributed by atoms with Crippen molar-refractivity contribution in [3.05, 3.63) is 46.6 Å². The van der Waals surface area contributed by atoms with E-state index in [1.54, 1.807) is 23.0 Å². The SMILES string of the molecule is CCc1nnc(Nc2cc(C3CCCN3C(=O)/C=C/c3cnn(C)c3)nc(C)n2)s1. The first-order valence-electron chi connectivity index (χ1n) is 9.94. The number of carbonyl (C=O) groups excluding carboxylic acids is 1. The minimum absolute atomic E-state index is 0.0242. The number of hydrogen-bond donors (Lipinski definition) is 1. The van der Waals surface area contributed by atoms with E-state index in [-0.39, 0.29) is 11.9 Å². The molecule has 1 unspecified atom stereocenters. The van der Waals surface area contributed by atoms with Gasteiger partial charge in [-0.25, -0.2) is 9.97 Å². The molecule has 1 saturated heterocycles. The second kappa shape index (κ2) is 8.70. The topological polar surface area (TPSA) is 102 Å². The number of aryl methyl sites for hydroxylation is 3. The molecule has 1 amide bonds. The van der Waals surface area contributed by atoms with E-state index < -0.39 is 0 Å². The van der Waals surface area contributed by atoms with Gasteiger partial charge in [0, 0.05) is 37.5 Å². The molecular weight excluding hydrogens is 400 g/mol. The molecule has 3 aromatic rings. The van der Waals surface area contributed by atoms with Gasteiger partial charge < -0.3 is 10.2 Å². The Morgan fingerprint density at radius 2 is 2.23 bits per heavy atom. The monoisotopic (exact) mass is 424 g/mol. The summed E-state index contributed by atoms with van der Waals surface area (Å²) < 4.78 is 1.71. The predicted molar refractivity (Wildman–Crippen MR) is 115 cm³/mol. The first-order valence-corrected chi connectivity index (χ1v) is 10.8. The lowest BCUT2D eigenvalue weighted by Crippen LogP contribution is -2.29. The lowest BCUT2D eigenvalue weighted by Gasteiger charge is -2.23. The fourth-order valence-corrected chi connectivity index (χ4v) is 4.20. The van der Waals surface area contributed by atoms with Gasteiger partial charge in [0.2, 0.25) is 11.0 Å². The van der Waals surface area contributed by atoms with Crippen LogP contribution in [0, 0.1) is 6.92 Å². The maximum atomic E-state index is 12.8. The molecule has 0 aromatic carbocycles. The standard InChI is InChI=1S/C20H24N8OS/c1-4-18-25-26-20(30-18)24-17-10-15(22-13(2)23-17)16-6-5-9-28(16)19(29)8-7-14-11-21-27(3)12-14/h7-8,10-12,16H,4-6,9H2,1-3H3,(H,22,23,24,26)/b8-7+. The maximum absolute atomic E-state index is 12.8. The Kier molecular flexibility index (Phi) is 5.84. The highest BCUT2D eigenvalue weighted by molar-refractivity contribution is 7.15. The Bertz CT molecular complexity index is 1070. The molecule has 0 spiro atoms. The van der Waals surface area contributed by atoms with Crippen LogP contribution in [0.5, 0.6) is 0 Å².